The summed E-state index contributed by atoms with van der Waals surface area (Å²) in [6.07, 6.45) is 1.97. The summed E-state index contributed by atoms with van der Waals surface area (Å²) < 4.78 is 29.5. The number of aryl methyl sites for hydroxylation is 2. The fourth-order valence-electron chi connectivity index (χ4n) is 2.65. The van der Waals surface area contributed by atoms with Gasteiger partial charge in [0.15, 0.2) is 0 Å². The Morgan fingerprint density at radius 2 is 1.96 bits per heavy atom. The Morgan fingerprint density at radius 3 is 2.52 bits per heavy atom. The van der Waals surface area contributed by atoms with Crippen LogP contribution < -0.4 is 4.72 Å². The minimum Gasteiger partial charge on any atom is -0.353 e. The lowest BCUT2D eigenvalue weighted by atomic mass is 10.2. The molecule has 126 valence electrons. The van der Waals surface area contributed by atoms with Gasteiger partial charge in [-0.3, -0.25) is 4.90 Å². The number of nitrogens with one attached hydrogen (secondary N) is 1. The number of benzene rings is 1. The van der Waals surface area contributed by atoms with Gasteiger partial charge in [0.2, 0.25) is 10.0 Å². The molecule has 1 atom stereocenters. The summed E-state index contributed by atoms with van der Waals surface area (Å²) in [4.78, 5) is 2.02. The lowest BCUT2D eigenvalue weighted by molar-refractivity contribution is 0.289. The number of rotatable bonds is 7. The summed E-state index contributed by atoms with van der Waals surface area (Å²) in [6.45, 7) is 2.31. The van der Waals surface area contributed by atoms with Crippen LogP contribution in [0, 0.1) is 6.92 Å². The van der Waals surface area contributed by atoms with E-state index in [0.29, 0.717) is 6.54 Å². The van der Waals surface area contributed by atoms with Gasteiger partial charge < -0.3 is 4.57 Å². The van der Waals surface area contributed by atoms with Crippen LogP contribution in [-0.4, -0.2) is 38.5 Å². The minimum atomic E-state index is -3.37. The van der Waals surface area contributed by atoms with Crippen molar-refractivity contribution in [1.82, 2.24) is 14.2 Å². The Labute approximate surface area is 139 Å². The van der Waals surface area contributed by atoms with Crippen molar-refractivity contribution in [3.8, 4) is 0 Å². The van der Waals surface area contributed by atoms with Gasteiger partial charge in [0.05, 0.1) is 11.8 Å². The van der Waals surface area contributed by atoms with E-state index >= 15 is 0 Å². The van der Waals surface area contributed by atoms with Crippen molar-refractivity contribution in [1.29, 1.82) is 0 Å². The van der Waals surface area contributed by atoms with Crippen LogP contribution in [0.2, 0.25) is 0 Å². The van der Waals surface area contributed by atoms with Gasteiger partial charge in [-0.15, -0.1) is 0 Å². The van der Waals surface area contributed by atoms with E-state index in [9.17, 15) is 8.42 Å². The molecule has 0 aliphatic heterocycles. The van der Waals surface area contributed by atoms with Gasteiger partial charge in [0.25, 0.3) is 0 Å². The topological polar surface area (TPSA) is 54.3 Å². The largest absolute Gasteiger partial charge is 0.353 e. The zero-order valence-electron chi connectivity index (χ0n) is 14.2. The Morgan fingerprint density at radius 1 is 1.22 bits per heavy atom. The molecule has 23 heavy (non-hydrogen) atoms. The van der Waals surface area contributed by atoms with Crippen molar-refractivity contribution < 1.29 is 8.42 Å². The number of nitrogens with zero attached hydrogens (tertiary/aromatic N) is 2. The Bertz CT molecular complexity index is 751. The van der Waals surface area contributed by atoms with Gasteiger partial charge in [0.1, 0.15) is 0 Å². The Hall–Kier alpha value is -1.63. The first-order valence-electron chi connectivity index (χ1n) is 7.59. The second-order valence-corrected chi connectivity index (χ2v) is 7.93. The van der Waals surface area contributed by atoms with Crippen LogP contribution in [0.5, 0.6) is 0 Å². The van der Waals surface area contributed by atoms with E-state index in [4.69, 9.17) is 0 Å². The SMILES string of the molecule is Cc1cccc(CS(=O)(=O)NC[C@@H](c2cccn2C)N(C)C)c1. The highest BCUT2D eigenvalue weighted by molar-refractivity contribution is 7.88. The molecular formula is C17H25N3O2S. The second kappa shape index (κ2) is 7.29. The molecule has 0 bridgehead atoms. The zero-order valence-corrected chi connectivity index (χ0v) is 15.0. The molecule has 0 spiro atoms. The molecule has 2 aromatic rings. The zero-order chi connectivity index (χ0) is 17.0. The van der Waals surface area contributed by atoms with Crippen LogP contribution in [-0.2, 0) is 22.8 Å². The van der Waals surface area contributed by atoms with Gasteiger partial charge in [-0.05, 0) is 38.7 Å². The third-order valence-electron chi connectivity index (χ3n) is 3.88. The number of sulfonamides is 1. The highest BCUT2D eigenvalue weighted by Gasteiger charge is 2.20. The maximum Gasteiger partial charge on any atom is 0.215 e. The standard InChI is InChI=1S/C17H25N3O2S/c1-14-7-5-8-15(11-14)13-23(21,22)18-12-17(19(2)3)16-9-6-10-20(16)4/h5-11,17-18H,12-13H2,1-4H3/t17-/m0/s1. The monoisotopic (exact) mass is 335 g/mol. The molecule has 0 unspecified atom stereocenters. The quantitative estimate of drug-likeness (QED) is 0.843. The van der Waals surface area contributed by atoms with Crippen molar-refractivity contribution in [2.24, 2.45) is 7.05 Å². The summed E-state index contributed by atoms with van der Waals surface area (Å²) in [5, 5.41) is 0. The molecule has 0 amide bonds. The van der Waals surface area contributed by atoms with Crippen LogP contribution >= 0.6 is 0 Å². The first kappa shape index (κ1) is 17.7. The van der Waals surface area contributed by atoms with E-state index in [0.717, 1.165) is 16.8 Å². The molecular weight excluding hydrogens is 310 g/mol. The fraction of sp³-hybridized carbons (Fsp3) is 0.412. The average Bonchev–Trinajstić information content (AvgIpc) is 2.84. The molecule has 0 aliphatic carbocycles. The highest BCUT2D eigenvalue weighted by Crippen LogP contribution is 2.18. The van der Waals surface area contributed by atoms with Crippen molar-refractivity contribution in [3.63, 3.8) is 0 Å². The van der Waals surface area contributed by atoms with Crippen molar-refractivity contribution in [2.75, 3.05) is 20.6 Å². The minimum absolute atomic E-state index is 0.00195. The number of likely N-dealkylation sites (N-methyl/N-ethyl adjacent to an activating group) is 1. The molecule has 1 heterocycles. The van der Waals surface area contributed by atoms with Crippen molar-refractivity contribution in [3.05, 3.63) is 59.4 Å². The van der Waals surface area contributed by atoms with Crippen molar-refractivity contribution >= 4 is 10.0 Å². The molecule has 1 aromatic heterocycles. The van der Waals surface area contributed by atoms with Gasteiger partial charge in [-0.1, -0.05) is 29.8 Å². The van der Waals surface area contributed by atoms with Crippen LogP contribution in [0.3, 0.4) is 0 Å². The van der Waals surface area contributed by atoms with E-state index in [1.807, 2.05) is 80.1 Å². The van der Waals surface area contributed by atoms with Gasteiger partial charge in [-0.2, -0.15) is 0 Å². The van der Waals surface area contributed by atoms with E-state index in [-0.39, 0.29) is 11.8 Å². The number of hydrogen-bond donors (Lipinski definition) is 1. The summed E-state index contributed by atoms with van der Waals surface area (Å²) >= 11 is 0. The third-order valence-corrected chi connectivity index (χ3v) is 5.20. The average molecular weight is 335 g/mol. The molecule has 0 aliphatic rings. The third kappa shape index (κ3) is 4.92. The summed E-state index contributed by atoms with van der Waals surface area (Å²) in [5.74, 6) is 0.00195. The summed E-state index contributed by atoms with van der Waals surface area (Å²) in [6, 6.07) is 11.6. The van der Waals surface area contributed by atoms with Gasteiger partial charge in [0, 0.05) is 25.5 Å². The maximum atomic E-state index is 12.4. The van der Waals surface area contributed by atoms with Crippen LogP contribution in [0.15, 0.2) is 42.6 Å². The molecule has 2 rings (SSSR count). The summed E-state index contributed by atoms with van der Waals surface area (Å²) in [7, 11) is 2.50. The molecule has 0 radical (unpaired) electrons. The van der Waals surface area contributed by atoms with E-state index in [2.05, 4.69) is 4.72 Å². The lowest BCUT2D eigenvalue weighted by Gasteiger charge is -2.25. The molecule has 0 fully saturated rings. The fourth-order valence-corrected chi connectivity index (χ4v) is 3.78. The van der Waals surface area contributed by atoms with Crippen LogP contribution in [0.25, 0.3) is 0 Å². The second-order valence-electron chi connectivity index (χ2n) is 6.12. The van der Waals surface area contributed by atoms with Gasteiger partial charge >= 0.3 is 0 Å². The smallest absolute Gasteiger partial charge is 0.215 e. The normalized spacial score (nSPS) is 13.4. The Balaban J connectivity index is 2.06. The van der Waals surface area contributed by atoms with Gasteiger partial charge in [-0.25, -0.2) is 13.1 Å². The predicted octanol–water partition coefficient (Wildman–Crippen LogP) is 2.06. The molecule has 0 saturated heterocycles. The molecule has 0 saturated carbocycles. The van der Waals surface area contributed by atoms with E-state index < -0.39 is 10.0 Å². The van der Waals surface area contributed by atoms with Crippen LogP contribution in [0.4, 0.5) is 0 Å². The van der Waals surface area contributed by atoms with E-state index in [1.54, 1.807) is 0 Å². The number of aromatic nitrogens is 1. The van der Waals surface area contributed by atoms with Crippen LogP contribution in [0.1, 0.15) is 22.9 Å². The van der Waals surface area contributed by atoms with E-state index in [1.165, 1.54) is 0 Å². The summed E-state index contributed by atoms with van der Waals surface area (Å²) in [5.41, 5.74) is 2.94. The first-order chi connectivity index (χ1) is 10.8. The lowest BCUT2D eigenvalue weighted by Crippen LogP contribution is -2.36. The first-order valence-corrected chi connectivity index (χ1v) is 9.24. The molecule has 1 N–H and O–H groups in total. The molecule has 5 nitrogen and oxygen atoms in total. The predicted molar refractivity (Wildman–Crippen MR) is 93.6 cm³/mol. The molecule has 1 aromatic carbocycles. The maximum absolute atomic E-state index is 12.4. The van der Waals surface area contributed by atoms with Crippen molar-refractivity contribution in [2.45, 2.75) is 18.7 Å². The highest BCUT2D eigenvalue weighted by atomic mass is 32.2. The Kier molecular flexibility index (Phi) is 5.62. The molecule has 6 heteroatoms. The number of hydrogen-bond acceptors (Lipinski definition) is 3.